The molecule has 0 saturated heterocycles. The van der Waals surface area contributed by atoms with Crippen LogP contribution in [0.1, 0.15) is 24.2 Å². The van der Waals surface area contributed by atoms with E-state index >= 15 is 0 Å². The molecule has 1 aromatic heterocycles. The highest BCUT2D eigenvalue weighted by molar-refractivity contribution is 7.13. The van der Waals surface area contributed by atoms with E-state index in [9.17, 15) is 0 Å². The standard InChI is InChI=1S/C19H19ClN2OS/c1-13(17-5-3-4-6-18(17)20)21-11-15-12-24-19(22-15)14-7-9-16(23-2)10-8-14/h3-10,12-13,21H,11H2,1-2H3/p+1/t13-/m1/s1. The van der Waals surface area contributed by atoms with Crippen LogP contribution in [-0.4, -0.2) is 12.1 Å². The van der Waals surface area contributed by atoms with Gasteiger partial charge in [-0.15, -0.1) is 11.3 Å². The van der Waals surface area contributed by atoms with Gasteiger partial charge in [0.15, 0.2) is 0 Å². The highest BCUT2D eigenvalue weighted by Gasteiger charge is 2.13. The molecule has 0 bridgehead atoms. The van der Waals surface area contributed by atoms with Crippen molar-refractivity contribution < 1.29 is 10.1 Å². The van der Waals surface area contributed by atoms with Gasteiger partial charge in [-0.2, -0.15) is 0 Å². The molecule has 0 fully saturated rings. The van der Waals surface area contributed by atoms with Crippen LogP contribution in [0.15, 0.2) is 53.9 Å². The van der Waals surface area contributed by atoms with Crippen molar-refractivity contribution in [2.75, 3.05) is 7.11 Å². The van der Waals surface area contributed by atoms with Gasteiger partial charge < -0.3 is 10.1 Å². The fraction of sp³-hybridized carbons (Fsp3) is 0.211. The number of rotatable bonds is 6. The van der Waals surface area contributed by atoms with Crippen molar-refractivity contribution in [2.45, 2.75) is 19.5 Å². The van der Waals surface area contributed by atoms with Gasteiger partial charge in [-0.05, 0) is 37.3 Å². The minimum absolute atomic E-state index is 0.296. The normalized spacial score (nSPS) is 12.1. The Labute approximate surface area is 151 Å². The van der Waals surface area contributed by atoms with E-state index in [1.54, 1.807) is 18.4 Å². The summed E-state index contributed by atoms with van der Waals surface area (Å²) < 4.78 is 5.19. The molecule has 3 aromatic rings. The maximum atomic E-state index is 6.27. The van der Waals surface area contributed by atoms with Crippen LogP contribution in [0, 0.1) is 0 Å². The first-order valence-corrected chi connectivity index (χ1v) is 9.09. The van der Waals surface area contributed by atoms with Gasteiger partial charge in [0.2, 0.25) is 0 Å². The SMILES string of the molecule is COc1ccc(-c2nc(C[NH2+][C@H](C)c3ccccc3Cl)cs2)cc1. The minimum atomic E-state index is 0.296. The topological polar surface area (TPSA) is 38.7 Å². The van der Waals surface area contributed by atoms with Gasteiger partial charge in [0.25, 0.3) is 0 Å². The Kier molecular flexibility index (Phi) is 5.51. The van der Waals surface area contributed by atoms with E-state index in [-0.39, 0.29) is 0 Å². The van der Waals surface area contributed by atoms with Crippen LogP contribution < -0.4 is 10.1 Å². The Hall–Kier alpha value is -1.88. The smallest absolute Gasteiger partial charge is 0.123 e. The molecule has 2 N–H and O–H groups in total. The number of hydrogen-bond donors (Lipinski definition) is 1. The minimum Gasteiger partial charge on any atom is -0.497 e. The second-order valence-corrected chi connectivity index (χ2v) is 6.89. The van der Waals surface area contributed by atoms with Crippen molar-refractivity contribution in [1.29, 1.82) is 0 Å². The quantitative estimate of drug-likeness (QED) is 0.712. The molecule has 0 unspecified atom stereocenters. The zero-order valence-electron chi connectivity index (χ0n) is 13.7. The van der Waals surface area contributed by atoms with E-state index in [0.717, 1.165) is 39.1 Å². The number of methoxy groups -OCH3 is 1. The van der Waals surface area contributed by atoms with Gasteiger partial charge in [0.1, 0.15) is 29.0 Å². The van der Waals surface area contributed by atoms with Crippen LogP contribution in [0.4, 0.5) is 0 Å². The van der Waals surface area contributed by atoms with Crippen LogP contribution in [0.5, 0.6) is 5.75 Å². The molecule has 0 aliphatic rings. The van der Waals surface area contributed by atoms with E-state index < -0.39 is 0 Å². The summed E-state index contributed by atoms with van der Waals surface area (Å²) in [5.74, 6) is 0.859. The third kappa shape index (κ3) is 3.96. The van der Waals surface area contributed by atoms with Crippen molar-refractivity contribution in [3.8, 4) is 16.3 Å². The van der Waals surface area contributed by atoms with Gasteiger partial charge in [-0.3, -0.25) is 0 Å². The Morgan fingerprint density at radius 3 is 2.62 bits per heavy atom. The molecule has 2 aromatic carbocycles. The van der Waals surface area contributed by atoms with Crippen LogP contribution >= 0.6 is 22.9 Å². The second-order valence-electron chi connectivity index (χ2n) is 5.62. The molecule has 1 heterocycles. The highest BCUT2D eigenvalue weighted by Crippen LogP contribution is 2.25. The molecule has 0 aliphatic heterocycles. The summed E-state index contributed by atoms with van der Waals surface area (Å²) in [6, 6.07) is 16.3. The number of ether oxygens (including phenoxy) is 1. The summed E-state index contributed by atoms with van der Waals surface area (Å²) in [6.45, 7) is 3.00. The molecule has 0 saturated carbocycles. The predicted octanol–water partition coefficient (Wildman–Crippen LogP) is 4.30. The molecule has 1 atom stereocenters. The van der Waals surface area contributed by atoms with E-state index in [4.69, 9.17) is 21.3 Å². The summed E-state index contributed by atoms with van der Waals surface area (Å²) in [7, 11) is 1.67. The lowest BCUT2D eigenvalue weighted by atomic mass is 10.1. The van der Waals surface area contributed by atoms with Crippen molar-refractivity contribution in [1.82, 2.24) is 4.98 Å². The lowest BCUT2D eigenvalue weighted by Gasteiger charge is -2.11. The fourth-order valence-electron chi connectivity index (χ4n) is 2.54. The molecule has 3 rings (SSSR count). The average Bonchev–Trinajstić information content (AvgIpc) is 3.09. The van der Waals surface area contributed by atoms with Crippen LogP contribution in [0.25, 0.3) is 10.6 Å². The van der Waals surface area contributed by atoms with Crippen LogP contribution in [-0.2, 0) is 6.54 Å². The highest BCUT2D eigenvalue weighted by atomic mass is 35.5. The molecule has 0 amide bonds. The number of halogens is 1. The number of aromatic nitrogens is 1. The summed E-state index contributed by atoms with van der Waals surface area (Å²) in [5.41, 5.74) is 3.36. The maximum Gasteiger partial charge on any atom is 0.123 e. The summed E-state index contributed by atoms with van der Waals surface area (Å²) in [4.78, 5) is 4.74. The zero-order valence-corrected chi connectivity index (χ0v) is 15.3. The molecule has 0 spiro atoms. The fourth-order valence-corrected chi connectivity index (χ4v) is 3.68. The Balaban J connectivity index is 1.64. The molecule has 5 heteroatoms. The molecular formula is C19H20ClN2OS+. The largest absolute Gasteiger partial charge is 0.497 e. The molecule has 24 heavy (non-hydrogen) atoms. The number of nitrogens with two attached hydrogens (primary N) is 1. The summed E-state index contributed by atoms with van der Waals surface area (Å²) >= 11 is 7.93. The third-order valence-corrected chi connectivity index (χ3v) is 5.25. The second kappa shape index (κ2) is 7.79. The van der Waals surface area contributed by atoms with Gasteiger partial charge >= 0.3 is 0 Å². The molecular weight excluding hydrogens is 340 g/mol. The van der Waals surface area contributed by atoms with E-state index in [2.05, 4.69) is 23.7 Å². The van der Waals surface area contributed by atoms with Crippen molar-refractivity contribution in [2.24, 2.45) is 0 Å². The predicted molar refractivity (Wildman–Crippen MR) is 99.6 cm³/mol. The van der Waals surface area contributed by atoms with Crippen LogP contribution in [0.3, 0.4) is 0 Å². The van der Waals surface area contributed by atoms with Crippen molar-refractivity contribution in [3.05, 3.63) is 70.2 Å². The molecule has 0 aliphatic carbocycles. The van der Waals surface area contributed by atoms with Crippen molar-refractivity contribution >= 4 is 22.9 Å². The lowest BCUT2D eigenvalue weighted by Crippen LogP contribution is -2.83. The molecule has 124 valence electrons. The Morgan fingerprint density at radius 2 is 1.92 bits per heavy atom. The van der Waals surface area contributed by atoms with Gasteiger partial charge in [0, 0.05) is 21.5 Å². The van der Waals surface area contributed by atoms with Gasteiger partial charge in [-0.1, -0.05) is 29.8 Å². The Bertz CT molecular complexity index is 801. The van der Waals surface area contributed by atoms with Crippen LogP contribution in [0.2, 0.25) is 5.02 Å². The number of hydrogen-bond acceptors (Lipinski definition) is 3. The monoisotopic (exact) mass is 359 g/mol. The van der Waals surface area contributed by atoms with Gasteiger partial charge in [-0.25, -0.2) is 4.98 Å². The summed E-state index contributed by atoms with van der Waals surface area (Å²) in [6.07, 6.45) is 0. The number of thiazole rings is 1. The van der Waals surface area contributed by atoms with E-state index in [1.807, 2.05) is 42.5 Å². The van der Waals surface area contributed by atoms with Gasteiger partial charge in [0.05, 0.1) is 7.11 Å². The van der Waals surface area contributed by atoms with E-state index in [1.165, 1.54) is 0 Å². The number of quaternary nitrogens is 1. The first kappa shape index (κ1) is 17.0. The maximum absolute atomic E-state index is 6.27. The summed E-state index contributed by atoms with van der Waals surface area (Å²) in [5, 5.41) is 6.23. The van der Waals surface area contributed by atoms with Crippen molar-refractivity contribution in [3.63, 3.8) is 0 Å². The third-order valence-electron chi connectivity index (χ3n) is 3.97. The first-order valence-electron chi connectivity index (χ1n) is 7.84. The molecule has 3 nitrogen and oxygen atoms in total. The number of nitrogens with zero attached hydrogens (tertiary/aromatic N) is 1. The lowest BCUT2D eigenvalue weighted by molar-refractivity contribution is -0.708. The first-order chi connectivity index (χ1) is 11.7. The average molecular weight is 360 g/mol. The Morgan fingerprint density at radius 1 is 1.17 bits per heavy atom. The molecule has 0 radical (unpaired) electrons. The number of benzene rings is 2. The van der Waals surface area contributed by atoms with E-state index in [0.29, 0.717) is 6.04 Å². The zero-order chi connectivity index (χ0) is 16.9.